The fourth-order valence-electron chi connectivity index (χ4n) is 1.41. The second kappa shape index (κ2) is 6.39. The average Bonchev–Trinajstić information content (AvgIpc) is 2.73. The minimum atomic E-state index is -0.442. The molecule has 0 spiro atoms. The van der Waals surface area contributed by atoms with E-state index >= 15 is 0 Å². The van der Waals surface area contributed by atoms with E-state index in [1.165, 1.54) is 0 Å². The third-order valence-corrected chi connectivity index (χ3v) is 2.37. The molecule has 1 amide bonds. The van der Waals surface area contributed by atoms with Crippen LogP contribution in [0.2, 0.25) is 0 Å². The van der Waals surface area contributed by atoms with Gasteiger partial charge in [0.1, 0.15) is 5.76 Å². The van der Waals surface area contributed by atoms with Crippen molar-refractivity contribution < 1.29 is 14.3 Å². The minimum absolute atomic E-state index is 0.200. The normalized spacial score (nSPS) is 12.8. The molecule has 1 unspecified atom stereocenters. The van der Waals surface area contributed by atoms with E-state index in [0.29, 0.717) is 18.7 Å². The van der Waals surface area contributed by atoms with Crippen LogP contribution in [0.3, 0.4) is 0 Å². The van der Waals surface area contributed by atoms with Crippen molar-refractivity contribution in [2.45, 2.75) is 26.0 Å². The van der Waals surface area contributed by atoms with E-state index in [4.69, 9.17) is 15.4 Å². The Morgan fingerprint density at radius 1 is 1.65 bits per heavy atom. The quantitative estimate of drug-likeness (QED) is 0.373. The predicted octanol–water partition coefficient (Wildman–Crippen LogP) is 0.0858. The van der Waals surface area contributed by atoms with Gasteiger partial charge in [0.2, 0.25) is 0 Å². The summed E-state index contributed by atoms with van der Waals surface area (Å²) < 4.78 is 5.32. The molecule has 0 aliphatic carbocycles. The van der Waals surface area contributed by atoms with Crippen molar-refractivity contribution in [1.82, 2.24) is 10.3 Å². The van der Waals surface area contributed by atoms with Gasteiger partial charge in [-0.3, -0.25) is 15.1 Å². The zero-order valence-electron chi connectivity index (χ0n) is 10.1. The van der Waals surface area contributed by atoms with Gasteiger partial charge < -0.3 is 9.52 Å². The van der Waals surface area contributed by atoms with Gasteiger partial charge in [0.25, 0.3) is 0 Å². The predicted molar refractivity (Wildman–Crippen MR) is 63.0 cm³/mol. The number of nitrogens with two attached hydrogens (primary N) is 1. The molecule has 0 saturated heterocycles. The Labute approximate surface area is 100 Å². The Morgan fingerprint density at radius 3 is 2.94 bits per heavy atom. The van der Waals surface area contributed by atoms with Crippen LogP contribution in [0.15, 0.2) is 16.5 Å². The van der Waals surface area contributed by atoms with E-state index in [2.05, 4.69) is 0 Å². The molecule has 0 aliphatic rings. The van der Waals surface area contributed by atoms with Gasteiger partial charge in [0.15, 0.2) is 5.76 Å². The van der Waals surface area contributed by atoms with Crippen LogP contribution in [0.25, 0.3) is 0 Å². The lowest BCUT2D eigenvalue weighted by atomic mass is 10.2. The summed E-state index contributed by atoms with van der Waals surface area (Å²) in [5.74, 6) is 5.45. The van der Waals surface area contributed by atoms with Crippen LogP contribution < -0.4 is 11.3 Å². The van der Waals surface area contributed by atoms with Gasteiger partial charge in [-0.2, -0.15) is 0 Å². The third-order valence-electron chi connectivity index (χ3n) is 2.37. The third kappa shape index (κ3) is 4.56. The molecule has 0 aromatic carbocycles. The van der Waals surface area contributed by atoms with Crippen LogP contribution in [-0.2, 0) is 6.54 Å². The topological polar surface area (TPSA) is 91.7 Å². The first-order chi connectivity index (χ1) is 8.02. The van der Waals surface area contributed by atoms with Crippen LogP contribution in [0.5, 0.6) is 0 Å². The first-order valence-electron chi connectivity index (χ1n) is 5.49. The van der Waals surface area contributed by atoms with Crippen LogP contribution in [-0.4, -0.2) is 35.6 Å². The molecule has 17 heavy (non-hydrogen) atoms. The molecule has 96 valence electrons. The number of carbonyl (C=O) groups excluding carboxylic acids is 1. The fraction of sp³-hybridized carbons (Fsp3) is 0.545. The van der Waals surface area contributed by atoms with Gasteiger partial charge in [-0.25, -0.2) is 5.84 Å². The summed E-state index contributed by atoms with van der Waals surface area (Å²) >= 11 is 0. The van der Waals surface area contributed by atoms with E-state index in [1.807, 2.05) is 17.4 Å². The summed E-state index contributed by atoms with van der Waals surface area (Å²) in [5, 5.41) is 9.16. The number of hydrogen-bond donors (Lipinski definition) is 3. The van der Waals surface area contributed by atoms with Crippen molar-refractivity contribution >= 4 is 5.91 Å². The smallest absolute Gasteiger partial charge is 0.300 e. The molecule has 1 heterocycles. The first kappa shape index (κ1) is 13.7. The van der Waals surface area contributed by atoms with E-state index in [-0.39, 0.29) is 11.9 Å². The number of aliphatic hydroxyl groups excluding tert-OH is 1. The maximum absolute atomic E-state index is 11.2. The number of nitrogens with one attached hydrogen (secondary N) is 1. The average molecular weight is 241 g/mol. The number of hydrogen-bond acceptors (Lipinski definition) is 5. The van der Waals surface area contributed by atoms with E-state index in [0.717, 1.165) is 6.54 Å². The second-order valence-electron chi connectivity index (χ2n) is 4.11. The monoisotopic (exact) mass is 241 g/mol. The van der Waals surface area contributed by atoms with Crippen molar-refractivity contribution in [3.63, 3.8) is 0 Å². The maximum Gasteiger partial charge on any atom is 0.300 e. The summed E-state index contributed by atoms with van der Waals surface area (Å²) in [6, 6.07) is 3.32. The van der Waals surface area contributed by atoms with Crippen molar-refractivity contribution in [3.8, 4) is 0 Å². The van der Waals surface area contributed by atoms with Gasteiger partial charge in [0, 0.05) is 6.54 Å². The molecular weight excluding hydrogens is 222 g/mol. The molecule has 1 aromatic heterocycles. The maximum atomic E-state index is 11.2. The molecule has 6 nitrogen and oxygen atoms in total. The highest BCUT2D eigenvalue weighted by Gasteiger charge is 2.11. The van der Waals surface area contributed by atoms with Gasteiger partial charge >= 0.3 is 5.91 Å². The molecule has 1 aromatic rings. The molecule has 0 saturated carbocycles. The number of amides is 1. The highest BCUT2D eigenvalue weighted by atomic mass is 16.4. The van der Waals surface area contributed by atoms with Crippen LogP contribution in [0, 0.1) is 0 Å². The molecule has 4 N–H and O–H groups in total. The summed E-state index contributed by atoms with van der Waals surface area (Å²) in [6.45, 7) is 3.10. The second-order valence-corrected chi connectivity index (χ2v) is 4.11. The number of aliphatic hydroxyl groups is 1. The summed E-state index contributed by atoms with van der Waals surface area (Å²) in [6.07, 6.45) is 0.389. The van der Waals surface area contributed by atoms with E-state index in [1.54, 1.807) is 19.1 Å². The molecule has 0 fully saturated rings. The highest BCUT2D eigenvalue weighted by molar-refractivity contribution is 5.90. The van der Waals surface area contributed by atoms with Gasteiger partial charge in [-0.15, -0.1) is 0 Å². The Kier molecular flexibility index (Phi) is 5.14. The van der Waals surface area contributed by atoms with Crippen molar-refractivity contribution in [2.75, 3.05) is 13.6 Å². The molecule has 0 radical (unpaired) electrons. The molecular formula is C11H19N3O3. The van der Waals surface area contributed by atoms with Gasteiger partial charge in [-0.05, 0) is 32.5 Å². The Hall–Kier alpha value is -1.37. The summed E-state index contributed by atoms with van der Waals surface area (Å²) in [7, 11) is 1.92. The summed E-state index contributed by atoms with van der Waals surface area (Å²) in [5.41, 5.74) is 2.01. The number of nitrogens with zero attached hydrogens (tertiary/aromatic N) is 1. The fourth-order valence-corrected chi connectivity index (χ4v) is 1.41. The molecule has 1 atom stereocenters. The van der Waals surface area contributed by atoms with Crippen LogP contribution in [0.4, 0.5) is 0 Å². The largest absolute Gasteiger partial charge is 0.455 e. The lowest BCUT2D eigenvalue weighted by Gasteiger charge is -2.15. The standard InChI is InChI=1S/C11H19N3O3/c1-8(15)5-6-14(2)7-9-3-4-10(17-9)11(16)13-12/h3-4,8,15H,5-7,12H2,1-2H3,(H,13,16). The lowest BCUT2D eigenvalue weighted by molar-refractivity contribution is 0.0922. The van der Waals surface area contributed by atoms with Crippen molar-refractivity contribution in [1.29, 1.82) is 0 Å². The number of hydrazine groups is 1. The molecule has 0 aliphatic heterocycles. The Bertz CT molecular complexity index is 363. The lowest BCUT2D eigenvalue weighted by Crippen LogP contribution is -2.29. The number of nitrogen functional groups attached to an aromatic ring is 1. The van der Waals surface area contributed by atoms with E-state index in [9.17, 15) is 4.79 Å². The van der Waals surface area contributed by atoms with Crippen molar-refractivity contribution in [2.24, 2.45) is 5.84 Å². The number of carbonyl (C=O) groups is 1. The Morgan fingerprint density at radius 2 is 2.35 bits per heavy atom. The zero-order chi connectivity index (χ0) is 12.8. The van der Waals surface area contributed by atoms with Crippen LogP contribution in [0.1, 0.15) is 29.7 Å². The number of rotatable bonds is 6. The first-order valence-corrected chi connectivity index (χ1v) is 5.49. The van der Waals surface area contributed by atoms with Gasteiger partial charge in [-0.1, -0.05) is 0 Å². The van der Waals surface area contributed by atoms with E-state index < -0.39 is 5.91 Å². The van der Waals surface area contributed by atoms with Crippen molar-refractivity contribution in [3.05, 3.63) is 23.7 Å². The molecule has 0 bridgehead atoms. The van der Waals surface area contributed by atoms with Crippen LogP contribution >= 0.6 is 0 Å². The SMILES string of the molecule is CC(O)CCN(C)Cc1ccc(C(=O)NN)o1. The van der Waals surface area contributed by atoms with Gasteiger partial charge in [0.05, 0.1) is 12.6 Å². The number of furan rings is 1. The zero-order valence-corrected chi connectivity index (χ0v) is 10.1. The Balaban J connectivity index is 2.46. The molecule has 1 rings (SSSR count). The highest BCUT2D eigenvalue weighted by Crippen LogP contribution is 2.10. The summed E-state index contributed by atoms with van der Waals surface area (Å²) in [4.78, 5) is 13.2. The molecule has 6 heteroatoms. The minimum Gasteiger partial charge on any atom is -0.455 e.